The molecule has 1 aromatic carbocycles. The Labute approximate surface area is 241 Å². The van der Waals surface area contributed by atoms with Crippen LogP contribution in [0.3, 0.4) is 0 Å². The summed E-state index contributed by atoms with van der Waals surface area (Å²) in [5, 5.41) is 45.9. The molecule has 6 rings (SSSR count). The number of nitrogens with two attached hydrogens (primary N) is 1. The highest BCUT2D eigenvalue weighted by atomic mass is 16.5. The molecule has 1 aromatic heterocycles. The van der Waals surface area contributed by atoms with Crippen LogP contribution in [0.15, 0.2) is 51.7 Å². The highest BCUT2D eigenvalue weighted by Gasteiger charge is 2.63. The molecule has 0 bridgehead atoms. The van der Waals surface area contributed by atoms with Gasteiger partial charge in [-0.25, -0.2) is 0 Å². The van der Waals surface area contributed by atoms with Crippen molar-refractivity contribution < 1.29 is 44.0 Å². The SMILES string of the molecule is CN(C)[C@@H]1C(O)=C(C(N)=O)C(=O)[C@@]2(O)C(O)=C3C(=O)c4c(O)c(CN5CCOCC5)cc(-c5ccoc5)c4C[C@H]3C[C@@H]12. The number of furan rings is 1. The number of nitrogens with zero attached hydrogens (tertiary/aromatic N) is 2. The van der Waals surface area contributed by atoms with Crippen LogP contribution in [0, 0.1) is 11.8 Å². The van der Waals surface area contributed by atoms with Gasteiger partial charge in [0.05, 0.1) is 37.3 Å². The first kappa shape index (κ1) is 28.2. The highest BCUT2D eigenvalue weighted by molar-refractivity contribution is 6.25. The number of hydrogen-bond donors (Lipinski definition) is 5. The third kappa shape index (κ3) is 4.01. The fourth-order valence-electron chi connectivity index (χ4n) is 7.17. The van der Waals surface area contributed by atoms with E-state index < -0.39 is 58.0 Å². The molecule has 0 radical (unpaired) electrons. The number of morpholine rings is 1. The molecule has 1 fully saturated rings. The lowest BCUT2D eigenvalue weighted by Crippen LogP contribution is -2.63. The maximum absolute atomic E-state index is 14.2. The van der Waals surface area contributed by atoms with E-state index in [0.717, 1.165) is 0 Å². The minimum Gasteiger partial charge on any atom is -0.510 e. The molecule has 1 saturated heterocycles. The van der Waals surface area contributed by atoms with Crippen LogP contribution >= 0.6 is 0 Å². The number of allylic oxidation sites excluding steroid dienone is 1. The average Bonchev–Trinajstić information content (AvgIpc) is 3.47. The number of aliphatic hydroxyl groups is 3. The summed E-state index contributed by atoms with van der Waals surface area (Å²) in [7, 11) is 3.19. The Hall–Kier alpha value is -3.97. The number of Topliss-reactive ketones (excluding diaryl/α,β-unsaturated/α-hetero) is 2. The molecule has 1 aliphatic heterocycles. The Bertz CT molecular complexity index is 1550. The topological polar surface area (TPSA) is 187 Å². The lowest BCUT2D eigenvalue weighted by molar-refractivity contribution is -0.148. The number of aliphatic hydroxyl groups excluding tert-OH is 2. The monoisotopic (exact) mass is 579 g/mol. The van der Waals surface area contributed by atoms with Crippen LogP contribution in [0.1, 0.15) is 27.9 Å². The van der Waals surface area contributed by atoms with Crippen molar-refractivity contribution in [3.05, 3.63) is 64.0 Å². The first-order valence-corrected chi connectivity index (χ1v) is 13.8. The molecular weight excluding hydrogens is 546 g/mol. The van der Waals surface area contributed by atoms with Gasteiger partial charge in [-0.3, -0.25) is 24.2 Å². The Morgan fingerprint density at radius 3 is 2.52 bits per heavy atom. The number of carbonyl (C=O) groups is 3. The number of fused-ring (bicyclic) bond motifs is 3. The quantitative estimate of drug-likeness (QED) is 0.321. The van der Waals surface area contributed by atoms with Gasteiger partial charge in [0.1, 0.15) is 22.8 Å². The first-order valence-electron chi connectivity index (χ1n) is 13.8. The summed E-state index contributed by atoms with van der Waals surface area (Å²) in [6.45, 7) is 2.72. The van der Waals surface area contributed by atoms with Crippen molar-refractivity contribution in [2.75, 3.05) is 40.4 Å². The number of rotatable bonds is 5. The van der Waals surface area contributed by atoms with Crippen LogP contribution in [0.4, 0.5) is 0 Å². The third-order valence-corrected chi connectivity index (χ3v) is 9.13. The van der Waals surface area contributed by atoms with Gasteiger partial charge in [0.2, 0.25) is 5.78 Å². The zero-order valence-electron chi connectivity index (χ0n) is 23.3. The predicted octanol–water partition coefficient (Wildman–Crippen LogP) is 1.21. The molecule has 6 N–H and O–H groups in total. The maximum atomic E-state index is 14.2. The Morgan fingerprint density at radius 1 is 1.19 bits per heavy atom. The van der Waals surface area contributed by atoms with Gasteiger partial charge < -0.3 is 35.3 Å². The smallest absolute Gasteiger partial charge is 0.255 e. The second kappa shape index (κ2) is 10.1. The number of ketones is 2. The van der Waals surface area contributed by atoms with Gasteiger partial charge in [0, 0.05) is 42.3 Å². The highest BCUT2D eigenvalue weighted by Crippen LogP contribution is 2.53. The minimum atomic E-state index is -2.68. The molecule has 2 aromatic rings. The molecular formula is C30H33N3O9. The van der Waals surface area contributed by atoms with Crippen LogP contribution in [0.2, 0.25) is 0 Å². The molecule has 4 aliphatic rings. The summed E-state index contributed by atoms with van der Waals surface area (Å²) < 4.78 is 10.8. The van der Waals surface area contributed by atoms with E-state index in [2.05, 4.69) is 4.90 Å². The maximum Gasteiger partial charge on any atom is 0.255 e. The van der Waals surface area contributed by atoms with Crippen molar-refractivity contribution in [3.8, 4) is 16.9 Å². The zero-order chi connectivity index (χ0) is 30.1. The number of benzene rings is 1. The number of phenols is 1. The van der Waals surface area contributed by atoms with E-state index in [1.807, 2.05) is 6.07 Å². The molecule has 12 heteroatoms. The number of amides is 1. The van der Waals surface area contributed by atoms with Gasteiger partial charge in [-0.15, -0.1) is 0 Å². The largest absolute Gasteiger partial charge is 0.510 e. The fourth-order valence-corrected chi connectivity index (χ4v) is 7.17. The first-order chi connectivity index (χ1) is 20.0. The van der Waals surface area contributed by atoms with Crippen molar-refractivity contribution in [1.29, 1.82) is 0 Å². The Morgan fingerprint density at radius 2 is 1.90 bits per heavy atom. The van der Waals surface area contributed by atoms with E-state index in [1.54, 1.807) is 26.4 Å². The number of carbonyl (C=O) groups excluding carboxylic acids is 3. The minimum absolute atomic E-state index is 0.0160. The molecule has 0 unspecified atom stereocenters. The molecule has 12 nitrogen and oxygen atoms in total. The molecule has 0 saturated carbocycles. The number of hydrogen-bond acceptors (Lipinski definition) is 11. The summed E-state index contributed by atoms with van der Waals surface area (Å²) in [5.41, 5.74) is 4.14. The predicted molar refractivity (Wildman–Crippen MR) is 147 cm³/mol. The number of aromatic hydroxyl groups is 1. The van der Waals surface area contributed by atoms with Crippen molar-refractivity contribution >= 4 is 17.5 Å². The fraction of sp³-hybridized carbons (Fsp3) is 0.433. The summed E-state index contributed by atoms with van der Waals surface area (Å²) in [4.78, 5) is 43.6. The molecule has 42 heavy (non-hydrogen) atoms. The van der Waals surface area contributed by atoms with E-state index in [1.165, 1.54) is 11.2 Å². The van der Waals surface area contributed by atoms with Gasteiger partial charge in [0.15, 0.2) is 11.4 Å². The number of phenolic OH excluding ortho intramolecular Hbond substituents is 1. The van der Waals surface area contributed by atoms with Crippen LogP contribution in [0.25, 0.3) is 11.1 Å². The number of ether oxygens (including phenoxy) is 1. The molecule has 3 aliphatic carbocycles. The molecule has 4 atom stereocenters. The Kier molecular flexibility index (Phi) is 6.76. The summed E-state index contributed by atoms with van der Waals surface area (Å²) in [5.74, 6) is -6.71. The number of likely N-dealkylation sites (N-methyl/N-ethyl adjacent to an activating group) is 1. The molecule has 222 valence electrons. The van der Waals surface area contributed by atoms with E-state index in [-0.39, 0.29) is 29.7 Å². The van der Waals surface area contributed by atoms with Gasteiger partial charge in [0.25, 0.3) is 5.91 Å². The van der Waals surface area contributed by atoms with E-state index in [4.69, 9.17) is 14.9 Å². The van der Waals surface area contributed by atoms with Crippen molar-refractivity contribution in [1.82, 2.24) is 9.80 Å². The van der Waals surface area contributed by atoms with E-state index in [0.29, 0.717) is 55.1 Å². The normalized spacial score (nSPS) is 28.1. The van der Waals surface area contributed by atoms with Gasteiger partial charge in [-0.2, -0.15) is 0 Å². The summed E-state index contributed by atoms with van der Waals surface area (Å²) in [6, 6.07) is 2.55. The van der Waals surface area contributed by atoms with Gasteiger partial charge in [-0.1, -0.05) is 0 Å². The summed E-state index contributed by atoms with van der Waals surface area (Å²) >= 11 is 0. The third-order valence-electron chi connectivity index (χ3n) is 9.13. The van der Waals surface area contributed by atoms with E-state index >= 15 is 0 Å². The Balaban J connectivity index is 1.53. The lowest BCUT2D eigenvalue weighted by atomic mass is 9.58. The standard InChI is InChI=1S/C30H33N3O9/c1-32(2)23-19-11-15-9-18-17(14-3-6-42-13-14)10-16(12-33-4-7-41-8-5-33)24(34)21(18)25(35)20(15)27(37)30(19,40)28(38)22(26(23)36)29(31)39/h3,6,10,13,15,19,23,34,36-37,40H,4-5,7-9,11-12H2,1-2H3,(H2,31,39)/t15-,19-,23-,30-/m0/s1. The van der Waals surface area contributed by atoms with Crippen LogP contribution in [0.5, 0.6) is 5.75 Å². The van der Waals surface area contributed by atoms with Crippen molar-refractivity contribution in [2.24, 2.45) is 17.6 Å². The van der Waals surface area contributed by atoms with E-state index in [9.17, 15) is 34.8 Å². The van der Waals surface area contributed by atoms with Crippen molar-refractivity contribution in [2.45, 2.75) is 31.0 Å². The molecule has 2 heterocycles. The van der Waals surface area contributed by atoms with Gasteiger partial charge in [-0.05, 0) is 56.1 Å². The second-order valence-corrected chi connectivity index (χ2v) is 11.6. The van der Waals surface area contributed by atoms with Gasteiger partial charge >= 0.3 is 0 Å². The van der Waals surface area contributed by atoms with Crippen LogP contribution < -0.4 is 5.73 Å². The number of primary amides is 1. The average molecular weight is 580 g/mol. The molecule has 1 amide bonds. The lowest BCUT2D eigenvalue weighted by Gasteiger charge is -2.50. The van der Waals surface area contributed by atoms with Crippen molar-refractivity contribution in [3.63, 3.8) is 0 Å². The van der Waals surface area contributed by atoms with Crippen LogP contribution in [-0.2, 0) is 27.3 Å². The molecule has 0 spiro atoms. The second-order valence-electron chi connectivity index (χ2n) is 11.6. The van der Waals surface area contributed by atoms with Crippen LogP contribution in [-0.4, -0.2) is 99.7 Å². The zero-order valence-corrected chi connectivity index (χ0v) is 23.3. The summed E-state index contributed by atoms with van der Waals surface area (Å²) in [6.07, 6.45) is 3.28.